The molecule has 0 spiro atoms. The lowest BCUT2D eigenvalue weighted by Gasteiger charge is -2.30. The molecule has 21 heavy (non-hydrogen) atoms. The van der Waals surface area contributed by atoms with Crippen LogP contribution < -0.4 is 10.6 Å². The summed E-state index contributed by atoms with van der Waals surface area (Å²) in [4.78, 5) is 18.0. The van der Waals surface area contributed by atoms with Crippen molar-refractivity contribution in [3.8, 4) is 0 Å². The second-order valence-corrected chi connectivity index (χ2v) is 6.42. The van der Waals surface area contributed by atoms with E-state index in [1.807, 2.05) is 0 Å². The van der Waals surface area contributed by atoms with E-state index in [2.05, 4.69) is 31.7 Å². The van der Waals surface area contributed by atoms with E-state index in [-0.39, 0.29) is 0 Å². The summed E-state index contributed by atoms with van der Waals surface area (Å²) in [7, 11) is 0. The number of rotatable bonds is 3. The Balaban J connectivity index is 1.68. The van der Waals surface area contributed by atoms with E-state index in [0.29, 0.717) is 5.95 Å². The molecule has 116 valence electrons. The number of hydrogen-bond acceptors (Lipinski definition) is 6. The number of piperidine rings is 2. The van der Waals surface area contributed by atoms with Crippen molar-refractivity contribution in [2.24, 2.45) is 5.92 Å². The molecule has 0 unspecified atom stereocenters. The molecule has 0 aliphatic carbocycles. The molecule has 2 aliphatic heterocycles. The molecule has 6 heteroatoms. The van der Waals surface area contributed by atoms with E-state index in [1.165, 1.54) is 32.1 Å². The van der Waals surface area contributed by atoms with Crippen LogP contribution in [-0.2, 0) is 6.54 Å². The molecule has 2 fully saturated rings. The Bertz CT molecular complexity index is 463. The van der Waals surface area contributed by atoms with Crippen molar-refractivity contribution >= 4 is 11.9 Å². The first-order valence-electron chi connectivity index (χ1n) is 8.18. The number of likely N-dealkylation sites (tertiary alicyclic amines) is 1. The quantitative estimate of drug-likeness (QED) is 0.913. The SMILES string of the molecule is CC1CCN(Cc2nc(N)nc(N3CCCCC3)n2)CC1. The molecule has 2 aliphatic rings. The van der Waals surface area contributed by atoms with Crippen LogP contribution in [0.2, 0.25) is 0 Å². The van der Waals surface area contributed by atoms with Gasteiger partial charge in [-0.15, -0.1) is 0 Å². The summed E-state index contributed by atoms with van der Waals surface area (Å²) in [6.07, 6.45) is 6.25. The van der Waals surface area contributed by atoms with Crippen LogP contribution in [0.4, 0.5) is 11.9 Å². The minimum absolute atomic E-state index is 0.353. The first-order chi connectivity index (χ1) is 10.2. The Morgan fingerprint density at radius 1 is 1.00 bits per heavy atom. The molecular weight excluding hydrogens is 264 g/mol. The highest BCUT2D eigenvalue weighted by atomic mass is 15.3. The smallest absolute Gasteiger partial charge is 0.230 e. The zero-order valence-corrected chi connectivity index (χ0v) is 13.0. The summed E-state index contributed by atoms with van der Waals surface area (Å²) in [5.74, 6) is 2.78. The fraction of sp³-hybridized carbons (Fsp3) is 0.800. The van der Waals surface area contributed by atoms with Crippen LogP contribution in [0.5, 0.6) is 0 Å². The van der Waals surface area contributed by atoms with Gasteiger partial charge >= 0.3 is 0 Å². The molecule has 0 amide bonds. The summed E-state index contributed by atoms with van der Waals surface area (Å²) in [5, 5.41) is 0. The van der Waals surface area contributed by atoms with Gasteiger partial charge < -0.3 is 10.6 Å². The van der Waals surface area contributed by atoms with Crippen molar-refractivity contribution in [2.45, 2.75) is 45.6 Å². The Kier molecular flexibility index (Phi) is 4.53. The highest BCUT2D eigenvalue weighted by Gasteiger charge is 2.19. The fourth-order valence-corrected chi connectivity index (χ4v) is 3.15. The lowest BCUT2D eigenvalue weighted by molar-refractivity contribution is 0.181. The number of anilines is 2. The van der Waals surface area contributed by atoms with Crippen LogP contribution in [0.3, 0.4) is 0 Å². The molecule has 0 bridgehead atoms. The number of aromatic nitrogens is 3. The number of nitrogens with zero attached hydrogens (tertiary/aromatic N) is 5. The molecule has 0 saturated carbocycles. The second-order valence-electron chi connectivity index (χ2n) is 6.42. The predicted octanol–water partition coefficient (Wildman–Crippen LogP) is 1.68. The average molecular weight is 290 g/mol. The molecule has 2 saturated heterocycles. The third-order valence-corrected chi connectivity index (χ3v) is 4.57. The van der Waals surface area contributed by atoms with Gasteiger partial charge in [0.05, 0.1) is 6.54 Å². The van der Waals surface area contributed by atoms with Crippen LogP contribution in [0.1, 0.15) is 44.9 Å². The van der Waals surface area contributed by atoms with Gasteiger partial charge in [0.2, 0.25) is 11.9 Å². The largest absolute Gasteiger partial charge is 0.368 e. The van der Waals surface area contributed by atoms with Gasteiger partial charge in [-0.2, -0.15) is 15.0 Å². The zero-order valence-electron chi connectivity index (χ0n) is 13.0. The van der Waals surface area contributed by atoms with Crippen molar-refractivity contribution in [1.29, 1.82) is 0 Å². The van der Waals surface area contributed by atoms with Crippen molar-refractivity contribution in [2.75, 3.05) is 36.8 Å². The maximum Gasteiger partial charge on any atom is 0.230 e. The van der Waals surface area contributed by atoms with Gasteiger partial charge in [0.15, 0.2) is 0 Å². The van der Waals surface area contributed by atoms with E-state index in [1.54, 1.807) is 0 Å². The topological polar surface area (TPSA) is 71.2 Å². The standard InChI is InChI=1S/C15H26N6/c1-12-5-9-20(10-6-12)11-13-17-14(16)19-15(18-13)21-7-3-2-4-8-21/h12H,2-11H2,1H3,(H2,16,17,18,19). The van der Waals surface area contributed by atoms with Crippen LogP contribution in [0.25, 0.3) is 0 Å². The fourth-order valence-electron chi connectivity index (χ4n) is 3.15. The summed E-state index contributed by atoms with van der Waals surface area (Å²) >= 11 is 0. The van der Waals surface area contributed by atoms with E-state index < -0.39 is 0 Å². The lowest BCUT2D eigenvalue weighted by atomic mass is 9.99. The Labute approximate surface area is 126 Å². The van der Waals surface area contributed by atoms with Crippen LogP contribution in [0.15, 0.2) is 0 Å². The number of hydrogen-bond donors (Lipinski definition) is 1. The van der Waals surface area contributed by atoms with E-state index >= 15 is 0 Å². The summed E-state index contributed by atoms with van der Waals surface area (Å²) < 4.78 is 0. The van der Waals surface area contributed by atoms with Gasteiger partial charge in [-0.1, -0.05) is 6.92 Å². The highest BCUT2D eigenvalue weighted by molar-refractivity contribution is 5.35. The van der Waals surface area contributed by atoms with Gasteiger partial charge in [0.1, 0.15) is 5.82 Å². The van der Waals surface area contributed by atoms with Crippen LogP contribution >= 0.6 is 0 Å². The minimum Gasteiger partial charge on any atom is -0.368 e. The molecule has 3 rings (SSSR count). The maximum atomic E-state index is 5.89. The molecule has 1 aromatic heterocycles. The molecule has 0 aromatic carbocycles. The van der Waals surface area contributed by atoms with Crippen molar-refractivity contribution < 1.29 is 0 Å². The molecule has 1 aromatic rings. The number of nitrogens with two attached hydrogens (primary N) is 1. The predicted molar refractivity (Wildman–Crippen MR) is 84.0 cm³/mol. The van der Waals surface area contributed by atoms with E-state index in [9.17, 15) is 0 Å². The van der Waals surface area contributed by atoms with Gasteiger partial charge in [-0.25, -0.2) is 0 Å². The maximum absolute atomic E-state index is 5.89. The first kappa shape index (κ1) is 14.5. The molecular formula is C15H26N6. The first-order valence-corrected chi connectivity index (χ1v) is 8.18. The van der Waals surface area contributed by atoms with Crippen LogP contribution in [-0.4, -0.2) is 46.0 Å². The molecule has 3 heterocycles. The summed E-state index contributed by atoms with van der Waals surface area (Å²) in [5.41, 5.74) is 5.89. The second kappa shape index (κ2) is 6.56. The third kappa shape index (κ3) is 3.81. The zero-order chi connectivity index (χ0) is 14.7. The van der Waals surface area contributed by atoms with E-state index in [0.717, 1.165) is 50.4 Å². The van der Waals surface area contributed by atoms with Gasteiger partial charge in [0, 0.05) is 13.1 Å². The van der Waals surface area contributed by atoms with Crippen molar-refractivity contribution in [3.05, 3.63) is 5.82 Å². The van der Waals surface area contributed by atoms with Gasteiger partial charge in [-0.3, -0.25) is 4.90 Å². The number of nitrogen functional groups attached to an aromatic ring is 1. The molecule has 0 radical (unpaired) electrons. The Morgan fingerprint density at radius 2 is 1.71 bits per heavy atom. The average Bonchev–Trinajstić information content (AvgIpc) is 2.50. The minimum atomic E-state index is 0.353. The van der Waals surface area contributed by atoms with Gasteiger partial charge in [0.25, 0.3) is 0 Å². The normalized spacial score (nSPS) is 21.7. The van der Waals surface area contributed by atoms with Crippen molar-refractivity contribution in [3.63, 3.8) is 0 Å². The third-order valence-electron chi connectivity index (χ3n) is 4.57. The Hall–Kier alpha value is -1.43. The Morgan fingerprint density at radius 3 is 2.43 bits per heavy atom. The lowest BCUT2D eigenvalue weighted by Crippen LogP contribution is -2.34. The monoisotopic (exact) mass is 290 g/mol. The molecule has 0 atom stereocenters. The van der Waals surface area contributed by atoms with E-state index in [4.69, 9.17) is 5.73 Å². The van der Waals surface area contributed by atoms with Gasteiger partial charge in [-0.05, 0) is 51.1 Å². The molecule has 2 N–H and O–H groups in total. The summed E-state index contributed by atoms with van der Waals surface area (Å²) in [6, 6.07) is 0. The van der Waals surface area contributed by atoms with Crippen molar-refractivity contribution in [1.82, 2.24) is 19.9 Å². The van der Waals surface area contributed by atoms with Crippen LogP contribution in [0, 0.1) is 5.92 Å². The summed E-state index contributed by atoms with van der Waals surface area (Å²) in [6.45, 7) is 7.44. The highest BCUT2D eigenvalue weighted by Crippen LogP contribution is 2.19. The molecule has 6 nitrogen and oxygen atoms in total.